The highest BCUT2D eigenvalue weighted by Gasteiger charge is 1.60. The molecule has 0 atom stereocenters. The van der Waals surface area contributed by atoms with E-state index < -0.39 is 0 Å². The summed E-state index contributed by atoms with van der Waals surface area (Å²) in [6.45, 7) is -0.298. The Hall–Kier alpha value is -0.810. The van der Waals surface area contributed by atoms with Crippen LogP contribution in [-0.4, -0.2) is 6.61 Å². The fourth-order valence-corrected chi connectivity index (χ4v) is 0.101. The zero-order valence-electron chi connectivity index (χ0n) is 3.22. The maximum atomic E-state index is 9.45. The van der Waals surface area contributed by atoms with Gasteiger partial charge in [-0.1, -0.05) is 0 Å². The highest BCUT2D eigenvalue weighted by molar-refractivity contribution is 5.00. The van der Waals surface area contributed by atoms with Gasteiger partial charge >= 0.3 is 0 Å². The van der Waals surface area contributed by atoms with Crippen molar-refractivity contribution in [2.45, 2.75) is 0 Å². The molecular formula is C4H4NO. The Labute approximate surface area is 36.3 Å². The summed E-state index contributed by atoms with van der Waals surface area (Å²) in [4.78, 5) is 0. The summed E-state index contributed by atoms with van der Waals surface area (Å²) < 4.78 is 0. The minimum atomic E-state index is -0.298. The fourth-order valence-electron chi connectivity index (χ4n) is 0.101. The van der Waals surface area contributed by atoms with E-state index in [1.807, 2.05) is 0 Å². The smallest absolute Gasteiger partial charge is 0.101 e. The van der Waals surface area contributed by atoms with Gasteiger partial charge in [0.15, 0.2) is 0 Å². The molecule has 0 aliphatic rings. The summed E-state index contributed by atoms with van der Waals surface area (Å²) in [5.74, 6) is 0. The van der Waals surface area contributed by atoms with Crippen LogP contribution in [0.2, 0.25) is 0 Å². The summed E-state index contributed by atoms with van der Waals surface area (Å²) in [5.41, 5.74) is 0. The molecule has 0 aliphatic heterocycles. The molecule has 0 amide bonds. The van der Waals surface area contributed by atoms with Gasteiger partial charge in [-0.3, -0.25) is 0 Å². The van der Waals surface area contributed by atoms with Gasteiger partial charge in [0.25, 0.3) is 0 Å². The first-order chi connectivity index (χ1) is 2.91. The van der Waals surface area contributed by atoms with E-state index >= 15 is 0 Å². The van der Waals surface area contributed by atoms with Gasteiger partial charge in [-0.2, -0.15) is 5.26 Å². The minimum absolute atomic E-state index is 0.298. The Balaban J connectivity index is 3.02. The molecule has 0 N–H and O–H groups in total. The van der Waals surface area contributed by atoms with Crippen molar-refractivity contribution in [3.8, 4) is 6.07 Å². The molecule has 1 radical (unpaired) electrons. The first kappa shape index (κ1) is 5.19. The van der Waals surface area contributed by atoms with Crippen molar-refractivity contribution in [1.29, 1.82) is 5.26 Å². The predicted octanol–water partition coefficient (Wildman–Crippen LogP) is 0.497. The van der Waals surface area contributed by atoms with E-state index in [2.05, 4.69) is 0 Å². The van der Waals surface area contributed by atoms with Crippen molar-refractivity contribution in [1.82, 2.24) is 0 Å². The molecule has 0 saturated carbocycles. The average molecular weight is 82.1 g/mol. The zero-order valence-corrected chi connectivity index (χ0v) is 3.22. The Morgan fingerprint density at radius 2 is 2.50 bits per heavy atom. The topological polar surface area (TPSA) is 43.7 Å². The van der Waals surface area contributed by atoms with Gasteiger partial charge in [0.05, 0.1) is 6.07 Å². The van der Waals surface area contributed by atoms with E-state index in [1.165, 1.54) is 12.2 Å². The third kappa shape index (κ3) is 3.19. The van der Waals surface area contributed by atoms with E-state index in [-0.39, 0.29) is 6.61 Å². The molecule has 2 nitrogen and oxygen atoms in total. The van der Waals surface area contributed by atoms with E-state index in [0.29, 0.717) is 0 Å². The standard InChI is InChI=1S/C4H4NO/c5-3-1-2-4-6/h1-2H,4H2. The van der Waals surface area contributed by atoms with Gasteiger partial charge in [-0.15, -0.1) is 0 Å². The number of hydrogen-bond acceptors (Lipinski definition) is 1. The van der Waals surface area contributed by atoms with Gasteiger partial charge in [0, 0.05) is 6.08 Å². The van der Waals surface area contributed by atoms with Crippen LogP contribution in [0, 0.1) is 11.3 Å². The van der Waals surface area contributed by atoms with Crippen LogP contribution in [-0.2, 0) is 5.11 Å². The molecule has 0 heterocycles. The average Bonchev–Trinajstić information content (AvgIpc) is 1.61. The molecule has 2 heteroatoms. The Kier molecular flexibility index (Phi) is 3.62. The number of nitrogens with zero attached hydrogens (tertiary/aromatic N) is 1. The van der Waals surface area contributed by atoms with Crippen molar-refractivity contribution < 1.29 is 5.11 Å². The second-order valence-electron chi connectivity index (χ2n) is 0.698. The Morgan fingerprint density at radius 1 is 1.83 bits per heavy atom. The van der Waals surface area contributed by atoms with Crippen LogP contribution in [0.4, 0.5) is 0 Å². The summed E-state index contributed by atoms with van der Waals surface area (Å²) in [5, 5.41) is 17.2. The first-order valence-electron chi connectivity index (χ1n) is 1.54. The first-order valence-corrected chi connectivity index (χ1v) is 1.54. The Morgan fingerprint density at radius 3 is 2.67 bits per heavy atom. The van der Waals surface area contributed by atoms with Gasteiger partial charge in [-0.05, 0) is 6.08 Å². The van der Waals surface area contributed by atoms with Crippen LogP contribution in [0.3, 0.4) is 0 Å². The van der Waals surface area contributed by atoms with Crippen LogP contribution in [0.1, 0.15) is 0 Å². The SMILES string of the molecule is N#CC=CC[O]. The monoisotopic (exact) mass is 82.0 g/mol. The molecule has 0 spiro atoms. The normalized spacial score (nSPS) is 8.67. The number of allylic oxidation sites excluding steroid dienone is 1. The van der Waals surface area contributed by atoms with Gasteiger partial charge in [-0.25, -0.2) is 5.11 Å². The Bertz CT molecular complexity index is 80.0. The van der Waals surface area contributed by atoms with E-state index in [4.69, 9.17) is 5.26 Å². The molecule has 0 aromatic rings. The van der Waals surface area contributed by atoms with Crippen LogP contribution in [0.5, 0.6) is 0 Å². The van der Waals surface area contributed by atoms with E-state index in [9.17, 15) is 5.11 Å². The summed E-state index contributed by atoms with van der Waals surface area (Å²) in [7, 11) is 0. The molecule has 0 fully saturated rings. The summed E-state index contributed by atoms with van der Waals surface area (Å²) >= 11 is 0. The maximum Gasteiger partial charge on any atom is 0.101 e. The molecule has 0 unspecified atom stereocenters. The molecule has 31 valence electrons. The van der Waals surface area contributed by atoms with Crippen LogP contribution in [0.15, 0.2) is 12.2 Å². The molecule has 6 heavy (non-hydrogen) atoms. The van der Waals surface area contributed by atoms with E-state index in [0.717, 1.165) is 0 Å². The van der Waals surface area contributed by atoms with Crippen molar-refractivity contribution in [2.75, 3.05) is 6.61 Å². The number of rotatable bonds is 1. The second-order valence-corrected chi connectivity index (χ2v) is 0.698. The van der Waals surface area contributed by atoms with Crippen LogP contribution in [0.25, 0.3) is 0 Å². The highest BCUT2D eigenvalue weighted by atomic mass is 16.2. The lowest BCUT2D eigenvalue weighted by atomic mass is 10.5. The molecule has 0 aromatic carbocycles. The van der Waals surface area contributed by atoms with Crippen LogP contribution < -0.4 is 0 Å². The lowest BCUT2D eigenvalue weighted by Gasteiger charge is -1.60. The summed E-state index contributed by atoms with van der Waals surface area (Å²) in [6.07, 6.45) is 2.44. The van der Waals surface area contributed by atoms with E-state index in [1.54, 1.807) is 6.07 Å². The molecule has 0 aliphatic carbocycles. The zero-order chi connectivity index (χ0) is 4.83. The molecule has 0 rings (SSSR count). The fraction of sp³-hybridized carbons (Fsp3) is 0.250. The number of nitriles is 1. The molecular weight excluding hydrogens is 78.0 g/mol. The van der Waals surface area contributed by atoms with Gasteiger partial charge < -0.3 is 0 Å². The summed E-state index contributed by atoms with van der Waals surface area (Å²) in [6, 6.07) is 1.69. The van der Waals surface area contributed by atoms with Gasteiger partial charge in [0.2, 0.25) is 0 Å². The quantitative estimate of drug-likeness (QED) is 0.424. The molecule has 0 saturated heterocycles. The third-order valence-electron chi connectivity index (χ3n) is 0.289. The third-order valence-corrected chi connectivity index (χ3v) is 0.289. The highest BCUT2D eigenvalue weighted by Crippen LogP contribution is 1.62. The molecule has 0 aromatic heterocycles. The van der Waals surface area contributed by atoms with Crippen LogP contribution >= 0.6 is 0 Å². The maximum absolute atomic E-state index is 9.45. The predicted molar refractivity (Wildman–Crippen MR) is 20.3 cm³/mol. The number of hydrogen-bond donors (Lipinski definition) is 0. The van der Waals surface area contributed by atoms with Crippen molar-refractivity contribution in [3.05, 3.63) is 12.2 Å². The van der Waals surface area contributed by atoms with Crippen molar-refractivity contribution in [2.24, 2.45) is 0 Å². The largest absolute Gasteiger partial charge is 0.232 e. The lowest BCUT2D eigenvalue weighted by molar-refractivity contribution is 0.232. The minimum Gasteiger partial charge on any atom is -0.232 e. The lowest BCUT2D eigenvalue weighted by Crippen LogP contribution is -1.63. The second kappa shape index (κ2) is 4.19. The van der Waals surface area contributed by atoms with Crippen molar-refractivity contribution >= 4 is 0 Å². The van der Waals surface area contributed by atoms with Gasteiger partial charge in [0.1, 0.15) is 6.61 Å². The van der Waals surface area contributed by atoms with Crippen molar-refractivity contribution in [3.63, 3.8) is 0 Å². The molecule has 0 bridgehead atoms.